The van der Waals surface area contributed by atoms with Gasteiger partial charge < -0.3 is 9.73 Å². The van der Waals surface area contributed by atoms with Gasteiger partial charge in [-0.15, -0.1) is 10.2 Å². The standard InChI is InChI=1S/C22H15N7O4S2/c1-12-25-26-22-28(12)27-20(35-22)13-5-7-15(8-6-13)23-21(34)24-19(30)18-10-9-17(33-18)14-3-2-4-16(11-14)29(31)32/h2-11H,1H3,(H2,23,24,30,34). The molecule has 0 spiro atoms. The minimum atomic E-state index is -0.550. The highest BCUT2D eigenvalue weighted by Gasteiger charge is 2.16. The van der Waals surface area contributed by atoms with Gasteiger partial charge in [0.25, 0.3) is 11.6 Å². The first-order chi connectivity index (χ1) is 16.9. The molecular weight excluding hydrogens is 490 g/mol. The van der Waals surface area contributed by atoms with Crippen LogP contribution >= 0.6 is 23.6 Å². The maximum Gasteiger partial charge on any atom is 0.293 e. The lowest BCUT2D eigenvalue weighted by Crippen LogP contribution is -2.33. The van der Waals surface area contributed by atoms with Crippen molar-refractivity contribution >= 4 is 50.9 Å². The van der Waals surface area contributed by atoms with E-state index >= 15 is 0 Å². The van der Waals surface area contributed by atoms with Crippen molar-refractivity contribution in [3.05, 3.63) is 82.4 Å². The second-order valence-corrected chi connectivity index (χ2v) is 8.67. The zero-order valence-electron chi connectivity index (χ0n) is 18.0. The van der Waals surface area contributed by atoms with Crippen LogP contribution in [-0.4, -0.2) is 35.8 Å². The predicted molar refractivity (Wildman–Crippen MR) is 133 cm³/mol. The van der Waals surface area contributed by atoms with Crippen molar-refractivity contribution in [3.63, 3.8) is 0 Å². The summed E-state index contributed by atoms with van der Waals surface area (Å²) in [5.74, 6) is 0.514. The number of non-ortho nitro benzene ring substituents is 1. The number of hydrogen-bond donors (Lipinski definition) is 2. The fourth-order valence-corrected chi connectivity index (χ4v) is 4.34. The Morgan fingerprint density at radius 3 is 2.66 bits per heavy atom. The van der Waals surface area contributed by atoms with Crippen LogP contribution in [0.1, 0.15) is 16.4 Å². The number of rotatable bonds is 5. The van der Waals surface area contributed by atoms with Crippen molar-refractivity contribution in [1.29, 1.82) is 0 Å². The molecule has 13 heteroatoms. The van der Waals surface area contributed by atoms with Crippen molar-refractivity contribution in [3.8, 4) is 21.9 Å². The van der Waals surface area contributed by atoms with E-state index in [2.05, 4.69) is 25.9 Å². The SMILES string of the molecule is Cc1nnc2sc(-c3ccc(NC(=S)NC(=O)c4ccc(-c5cccc([N+](=O)[O-])c5)o4)cc3)nn12. The molecule has 0 atom stereocenters. The molecule has 3 aromatic heterocycles. The van der Waals surface area contributed by atoms with E-state index in [1.165, 1.54) is 29.5 Å². The van der Waals surface area contributed by atoms with Gasteiger partial charge in [0.05, 0.1) is 4.92 Å². The highest BCUT2D eigenvalue weighted by molar-refractivity contribution is 7.80. The first-order valence-electron chi connectivity index (χ1n) is 10.1. The summed E-state index contributed by atoms with van der Waals surface area (Å²) in [4.78, 5) is 23.7. The molecule has 2 aromatic carbocycles. The Labute approximate surface area is 206 Å². The molecule has 3 heterocycles. The van der Waals surface area contributed by atoms with Crippen molar-refractivity contribution in [2.45, 2.75) is 6.92 Å². The largest absolute Gasteiger partial charge is 0.451 e. The number of carbonyl (C=O) groups excluding carboxylic acids is 1. The molecular formula is C22H15N7O4S2. The summed E-state index contributed by atoms with van der Waals surface area (Å²) in [7, 11) is 0. The van der Waals surface area contributed by atoms with Crippen molar-refractivity contribution in [1.82, 2.24) is 25.1 Å². The second kappa shape index (κ2) is 9.04. The first-order valence-corrected chi connectivity index (χ1v) is 11.4. The molecule has 174 valence electrons. The maximum absolute atomic E-state index is 12.5. The molecule has 35 heavy (non-hydrogen) atoms. The smallest absolute Gasteiger partial charge is 0.293 e. The minimum absolute atomic E-state index is 0.0181. The quantitative estimate of drug-likeness (QED) is 0.201. The zero-order chi connectivity index (χ0) is 24.5. The van der Waals surface area contributed by atoms with Crippen molar-refractivity contribution in [2.24, 2.45) is 0 Å². The van der Waals surface area contributed by atoms with Crippen LogP contribution in [0.4, 0.5) is 11.4 Å². The number of fused-ring (bicyclic) bond motifs is 1. The number of furan rings is 1. The number of anilines is 1. The number of carbonyl (C=O) groups is 1. The number of nitro benzene ring substituents is 1. The lowest BCUT2D eigenvalue weighted by Gasteiger charge is -2.09. The van der Waals surface area contributed by atoms with E-state index in [9.17, 15) is 14.9 Å². The van der Waals surface area contributed by atoms with Crippen LogP contribution < -0.4 is 10.6 Å². The van der Waals surface area contributed by atoms with Gasteiger partial charge in [-0.3, -0.25) is 20.2 Å². The number of nitro groups is 1. The number of hydrogen-bond acceptors (Lipinski definition) is 9. The van der Waals surface area contributed by atoms with E-state index in [0.29, 0.717) is 17.0 Å². The fraction of sp³-hybridized carbons (Fsp3) is 0.0455. The van der Waals surface area contributed by atoms with E-state index in [4.69, 9.17) is 16.6 Å². The van der Waals surface area contributed by atoms with Gasteiger partial charge in [0.1, 0.15) is 10.8 Å². The third-order valence-electron chi connectivity index (χ3n) is 4.93. The van der Waals surface area contributed by atoms with Gasteiger partial charge >= 0.3 is 0 Å². The highest BCUT2D eigenvalue weighted by atomic mass is 32.1. The van der Waals surface area contributed by atoms with Gasteiger partial charge in [0, 0.05) is 28.9 Å². The van der Waals surface area contributed by atoms with Crippen LogP contribution in [0.25, 0.3) is 26.9 Å². The average molecular weight is 506 g/mol. The summed E-state index contributed by atoms with van der Waals surface area (Å²) >= 11 is 6.67. The number of nitrogens with zero attached hydrogens (tertiary/aromatic N) is 5. The van der Waals surface area contributed by atoms with Gasteiger partial charge in [-0.2, -0.15) is 9.61 Å². The molecule has 0 aliphatic heterocycles. The topological polar surface area (TPSA) is 140 Å². The minimum Gasteiger partial charge on any atom is -0.451 e. The third-order valence-corrected chi connectivity index (χ3v) is 6.09. The summed E-state index contributed by atoms with van der Waals surface area (Å²) in [6, 6.07) is 16.4. The molecule has 0 saturated carbocycles. The van der Waals surface area contributed by atoms with Crippen LogP contribution in [0.2, 0.25) is 0 Å². The Morgan fingerprint density at radius 2 is 1.91 bits per heavy atom. The maximum atomic E-state index is 12.5. The molecule has 0 saturated heterocycles. The number of aryl methyl sites for hydroxylation is 1. The van der Waals surface area contributed by atoms with E-state index in [-0.39, 0.29) is 16.6 Å². The second-order valence-electron chi connectivity index (χ2n) is 7.31. The normalized spacial score (nSPS) is 10.9. The summed E-state index contributed by atoms with van der Waals surface area (Å²) in [6.45, 7) is 1.84. The van der Waals surface area contributed by atoms with Gasteiger partial charge in [-0.25, -0.2) is 0 Å². The first kappa shape index (κ1) is 22.3. The number of aromatic nitrogens is 4. The molecule has 5 rings (SSSR count). The Morgan fingerprint density at radius 1 is 1.11 bits per heavy atom. The van der Waals surface area contributed by atoms with Crippen LogP contribution in [0.3, 0.4) is 0 Å². The molecule has 0 unspecified atom stereocenters. The molecule has 0 radical (unpaired) electrons. The van der Waals surface area contributed by atoms with Crippen molar-refractivity contribution in [2.75, 3.05) is 5.32 Å². The van der Waals surface area contributed by atoms with Crippen molar-refractivity contribution < 1.29 is 14.1 Å². The van der Waals surface area contributed by atoms with Crippen LogP contribution in [0.5, 0.6) is 0 Å². The molecule has 1 amide bonds. The molecule has 11 nitrogen and oxygen atoms in total. The van der Waals surface area contributed by atoms with Crippen LogP contribution in [0.15, 0.2) is 65.1 Å². The summed E-state index contributed by atoms with van der Waals surface area (Å²) in [6.07, 6.45) is 0. The Kier molecular flexibility index (Phi) is 5.76. The third kappa shape index (κ3) is 4.62. The molecule has 5 aromatic rings. The number of benzene rings is 2. The summed E-state index contributed by atoms with van der Waals surface area (Å²) < 4.78 is 7.26. The molecule has 2 N–H and O–H groups in total. The molecule has 0 bridgehead atoms. The lowest BCUT2D eigenvalue weighted by atomic mass is 10.1. The summed E-state index contributed by atoms with van der Waals surface area (Å²) in [5, 5.41) is 29.9. The van der Waals surface area contributed by atoms with Gasteiger partial charge in [0.15, 0.2) is 16.7 Å². The highest BCUT2D eigenvalue weighted by Crippen LogP contribution is 2.27. The number of amides is 1. The van der Waals surface area contributed by atoms with E-state index in [1.807, 2.05) is 31.2 Å². The Bertz CT molecular complexity index is 1590. The van der Waals surface area contributed by atoms with Crippen LogP contribution in [0, 0.1) is 17.0 Å². The van der Waals surface area contributed by atoms with Gasteiger partial charge in [0.2, 0.25) is 4.96 Å². The van der Waals surface area contributed by atoms with E-state index in [0.717, 1.165) is 21.4 Å². The van der Waals surface area contributed by atoms with Gasteiger partial charge in [-0.1, -0.05) is 23.5 Å². The average Bonchev–Trinajstić information content (AvgIpc) is 3.57. The molecule has 0 aliphatic carbocycles. The Balaban J connectivity index is 1.22. The molecule has 0 aliphatic rings. The predicted octanol–water partition coefficient (Wildman–Crippen LogP) is 4.46. The summed E-state index contributed by atoms with van der Waals surface area (Å²) in [5.41, 5.74) is 2.00. The fourth-order valence-electron chi connectivity index (χ4n) is 3.24. The number of thiocarbonyl (C=S) groups is 1. The lowest BCUT2D eigenvalue weighted by molar-refractivity contribution is -0.384. The number of nitrogens with one attached hydrogen (secondary N) is 2. The monoisotopic (exact) mass is 505 g/mol. The Hall–Kier alpha value is -4.49. The van der Waals surface area contributed by atoms with Gasteiger partial charge in [-0.05, 0) is 55.5 Å². The van der Waals surface area contributed by atoms with Crippen LogP contribution in [-0.2, 0) is 0 Å². The zero-order valence-corrected chi connectivity index (χ0v) is 19.6. The van der Waals surface area contributed by atoms with E-state index in [1.54, 1.807) is 22.7 Å². The molecule has 0 fully saturated rings. The van der Waals surface area contributed by atoms with E-state index < -0.39 is 10.8 Å².